The molecule has 0 aliphatic rings. The van der Waals surface area contributed by atoms with Crippen molar-refractivity contribution in [2.75, 3.05) is 79.3 Å². The van der Waals surface area contributed by atoms with Gasteiger partial charge in [0.25, 0.3) is 0 Å². The smallest absolute Gasteiger partial charge is 0.305 e. The fourth-order valence-corrected chi connectivity index (χ4v) is 3.75. The van der Waals surface area contributed by atoms with E-state index < -0.39 is 0 Å². The molecule has 0 fully saturated rings. The number of unbranched alkanes of at least 4 members (excludes halogenated alkanes) is 12. The van der Waals surface area contributed by atoms with Crippen LogP contribution in [0.1, 0.15) is 96.8 Å². The summed E-state index contributed by atoms with van der Waals surface area (Å²) in [5.74, 6) is -0.125. The van der Waals surface area contributed by atoms with Crippen LogP contribution in [0.5, 0.6) is 0 Å². The molecule has 0 N–H and O–H groups in total. The van der Waals surface area contributed by atoms with E-state index in [1.807, 2.05) is 0 Å². The standard InChI is InChI=1S/C30H58O8/c1-3-5-6-7-8-9-10-11-12-13-14-15-16-17-30(31)38-29-28-37-27-26-36-25-24-35-23-22-34-21-20-33-19-18-32-4-2/h4H,2-3,5-29H2,1H3. The van der Waals surface area contributed by atoms with Crippen LogP contribution in [0.2, 0.25) is 0 Å². The molecule has 226 valence electrons. The van der Waals surface area contributed by atoms with Crippen molar-refractivity contribution in [3.8, 4) is 0 Å². The number of carbonyl (C=O) groups is 1. The highest BCUT2D eigenvalue weighted by Gasteiger charge is 2.03. The molecule has 0 aromatic rings. The normalized spacial score (nSPS) is 11.1. The van der Waals surface area contributed by atoms with Crippen molar-refractivity contribution in [2.24, 2.45) is 0 Å². The monoisotopic (exact) mass is 546 g/mol. The van der Waals surface area contributed by atoms with Crippen LogP contribution in [-0.2, 0) is 38.0 Å². The molecule has 0 aromatic heterocycles. The Kier molecular flexibility index (Phi) is 32.8. The second-order valence-corrected chi connectivity index (χ2v) is 9.31. The third-order valence-corrected chi connectivity index (χ3v) is 5.93. The Morgan fingerprint density at radius 2 is 0.842 bits per heavy atom. The van der Waals surface area contributed by atoms with Crippen LogP contribution < -0.4 is 0 Å². The van der Waals surface area contributed by atoms with Gasteiger partial charge in [-0.25, -0.2) is 0 Å². The molecule has 0 aromatic carbocycles. The highest BCUT2D eigenvalue weighted by Crippen LogP contribution is 2.13. The molecule has 0 bridgehead atoms. The lowest BCUT2D eigenvalue weighted by Crippen LogP contribution is -2.15. The first-order chi connectivity index (χ1) is 18.8. The van der Waals surface area contributed by atoms with Crippen LogP contribution in [0.25, 0.3) is 0 Å². The van der Waals surface area contributed by atoms with Crippen molar-refractivity contribution in [2.45, 2.75) is 96.8 Å². The Hall–Kier alpha value is -1.19. The van der Waals surface area contributed by atoms with E-state index in [2.05, 4.69) is 13.5 Å². The highest BCUT2D eigenvalue weighted by molar-refractivity contribution is 5.69. The van der Waals surface area contributed by atoms with E-state index in [4.69, 9.17) is 33.2 Å². The second kappa shape index (κ2) is 33.8. The second-order valence-electron chi connectivity index (χ2n) is 9.31. The highest BCUT2D eigenvalue weighted by atomic mass is 16.6. The van der Waals surface area contributed by atoms with Gasteiger partial charge in [0.15, 0.2) is 0 Å². The maximum absolute atomic E-state index is 11.8. The van der Waals surface area contributed by atoms with Crippen molar-refractivity contribution in [3.63, 3.8) is 0 Å². The molecule has 0 heterocycles. The van der Waals surface area contributed by atoms with E-state index >= 15 is 0 Å². The van der Waals surface area contributed by atoms with Gasteiger partial charge in [0.2, 0.25) is 0 Å². The summed E-state index contributed by atoms with van der Waals surface area (Å²) in [6.07, 6.45) is 18.8. The van der Waals surface area contributed by atoms with Crippen LogP contribution in [0.15, 0.2) is 12.8 Å². The van der Waals surface area contributed by atoms with Gasteiger partial charge in [0.1, 0.15) is 13.2 Å². The lowest BCUT2D eigenvalue weighted by molar-refractivity contribution is -0.145. The van der Waals surface area contributed by atoms with Gasteiger partial charge in [0.05, 0.1) is 72.3 Å². The van der Waals surface area contributed by atoms with Gasteiger partial charge in [-0.3, -0.25) is 4.79 Å². The number of hydrogen-bond acceptors (Lipinski definition) is 8. The summed E-state index contributed by atoms with van der Waals surface area (Å²) in [7, 11) is 0. The third-order valence-electron chi connectivity index (χ3n) is 5.93. The zero-order valence-corrected chi connectivity index (χ0v) is 24.4. The predicted molar refractivity (Wildman–Crippen MR) is 152 cm³/mol. The average Bonchev–Trinajstić information content (AvgIpc) is 2.92. The van der Waals surface area contributed by atoms with Gasteiger partial charge in [0, 0.05) is 6.42 Å². The minimum Gasteiger partial charge on any atom is -0.499 e. The van der Waals surface area contributed by atoms with Gasteiger partial charge in [-0.1, -0.05) is 90.6 Å². The van der Waals surface area contributed by atoms with Crippen LogP contribution in [0.4, 0.5) is 0 Å². The lowest BCUT2D eigenvalue weighted by atomic mass is 10.0. The Bertz CT molecular complexity index is 475. The zero-order valence-electron chi connectivity index (χ0n) is 24.4. The summed E-state index contributed by atoms with van der Waals surface area (Å²) in [6, 6.07) is 0. The molecule has 38 heavy (non-hydrogen) atoms. The molecule has 0 atom stereocenters. The number of esters is 1. The number of ether oxygens (including phenoxy) is 7. The largest absolute Gasteiger partial charge is 0.499 e. The Labute approximate surface area is 233 Å². The molecule has 0 amide bonds. The molecule has 0 rings (SSSR count). The van der Waals surface area contributed by atoms with Crippen LogP contribution >= 0.6 is 0 Å². The lowest BCUT2D eigenvalue weighted by Gasteiger charge is -2.08. The number of hydrogen-bond donors (Lipinski definition) is 0. The minimum absolute atomic E-state index is 0.125. The van der Waals surface area contributed by atoms with E-state index in [1.54, 1.807) is 0 Å². The summed E-state index contributed by atoms with van der Waals surface area (Å²) in [5.41, 5.74) is 0. The van der Waals surface area contributed by atoms with Crippen molar-refractivity contribution in [3.05, 3.63) is 12.8 Å². The molecule has 0 saturated heterocycles. The number of rotatable bonds is 33. The Morgan fingerprint density at radius 3 is 1.24 bits per heavy atom. The maximum atomic E-state index is 11.8. The fraction of sp³-hybridized carbons (Fsp3) is 0.900. The first kappa shape index (κ1) is 36.8. The summed E-state index contributed by atoms with van der Waals surface area (Å²) >= 11 is 0. The molecular weight excluding hydrogens is 488 g/mol. The number of carbonyl (C=O) groups excluding carboxylic acids is 1. The van der Waals surface area contributed by atoms with E-state index in [9.17, 15) is 4.79 Å². The summed E-state index contributed by atoms with van der Waals surface area (Å²) in [5, 5.41) is 0. The summed E-state index contributed by atoms with van der Waals surface area (Å²) in [6.45, 7) is 11.5. The zero-order chi connectivity index (χ0) is 27.6. The quantitative estimate of drug-likeness (QED) is 0.0542. The minimum atomic E-state index is -0.125. The molecule has 0 aliphatic carbocycles. The van der Waals surface area contributed by atoms with Crippen molar-refractivity contribution in [1.29, 1.82) is 0 Å². The molecule has 0 saturated carbocycles. The van der Waals surface area contributed by atoms with Gasteiger partial charge >= 0.3 is 5.97 Å². The van der Waals surface area contributed by atoms with Crippen LogP contribution in [0, 0.1) is 0 Å². The van der Waals surface area contributed by atoms with Crippen molar-refractivity contribution in [1.82, 2.24) is 0 Å². The fourth-order valence-electron chi connectivity index (χ4n) is 3.75. The predicted octanol–water partition coefficient (Wildman–Crippen LogP) is 6.25. The van der Waals surface area contributed by atoms with Crippen LogP contribution in [-0.4, -0.2) is 85.3 Å². The first-order valence-electron chi connectivity index (χ1n) is 15.1. The van der Waals surface area contributed by atoms with E-state index in [-0.39, 0.29) is 5.97 Å². The topological polar surface area (TPSA) is 81.7 Å². The van der Waals surface area contributed by atoms with E-state index in [0.29, 0.717) is 85.7 Å². The molecule has 8 heteroatoms. The van der Waals surface area contributed by atoms with Gasteiger partial charge in [-0.15, -0.1) is 0 Å². The van der Waals surface area contributed by atoms with Crippen LogP contribution in [0.3, 0.4) is 0 Å². The SMILES string of the molecule is C=COCCOCCOCCOCCOCCOCCOC(=O)CCCCCCCCCCCCCCC. The summed E-state index contributed by atoms with van der Waals surface area (Å²) in [4.78, 5) is 11.8. The van der Waals surface area contributed by atoms with E-state index in [1.165, 1.54) is 76.9 Å². The van der Waals surface area contributed by atoms with Gasteiger partial charge < -0.3 is 33.2 Å². The summed E-state index contributed by atoms with van der Waals surface area (Å²) < 4.78 is 37.2. The molecular formula is C30H58O8. The van der Waals surface area contributed by atoms with Crippen molar-refractivity contribution >= 4 is 5.97 Å². The molecule has 0 radical (unpaired) electrons. The molecule has 0 spiro atoms. The Morgan fingerprint density at radius 1 is 0.500 bits per heavy atom. The molecule has 8 nitrogen and oxygen atoms in total. The Balaban J connectivity index is 3.14. The third kappa shape index (κ3) is 32.8. The van der Waals surface area contributed by atoms with Gasteiger partial charge in [-0.05, 0) is 6.42 Å². The maximum Gasteiger partial charge on any atom is 0.305 e. The molecule has 0 unspecified atom stereocenters. The van der Waals surface area contributed by atoms with E-state index in [0.717, 1.165) is 12.8 Å². The first-order valence-corrected chi connectivity index (χ1v) is 15.1. The average molecular weight is 547 g/mol. The molecule has 0 aliphatic heterocycles. The van der Waals surface area contributed by atoms with Gasteiger partial charge in [-0.2, -0.15) is 0 Å². The van der Waals surface area contributed by atoms with Crippen molar-refractivity contribution < 1.29 is 38.0 Å².